The summed E-state index contributed by atoms with van der Waals surface area (Å²) in [7, 11) is 0. The second-order valence-corrected chi connectivity index (χ2v) is 4.51. The van der Waals surface area contributed by atoms with E-state index in [9.17, 15) is 0 Å². The predicted octanol–water partition coefficient (Wildman–Crippen LogP) is 2.60. The van der Waals surface area contributed by atoms with Crippen molar-refractivity contribution in [2.75, 3.05) is 5.32 Å². The molecule has 1 heterocycles. The molecular formula is C10H12IN3. The highest BCUT2D eigenvalue weighted by Crippen LogP contribution is 2.18. The average Bonchev–Trinajstić information content (AvgIpc) is 2.23. The highest BCUT2D eigenvalue weighted by molar-refractivity contribution is 14.1. The van der Waals surface area contributed by atoms with Gasteiger partial charge in [-0.25, -0.2) is 9.97 Å². The van der Waals surface area contributed by atoms with Gasteiger partial charge in [0.1, 0.15) is 12.1 Å². The third-order valence-corrected chi connectivity index (χ3v) is 3.07. The van der Waals surface area contributed by atoms with E-state index in [4.69, 9.17) is 0 Å². The molecule has 0 spiro atoms. The van der Waals surface area contributed by atoms with Crippen molar-refractivity contribution in [2.24, 2.45) is 0 Å². The molecule has 1 aliphatic rings. The van der Waals surface area contributed by atoms with Gasteiger partial charge in [-0.3, -0.25) is 0 Å². The van der Waals surface area contributed by atoms with Crippen molar-refractivity contribution in [3.8, 4) is 0 Å². The van der Waals surface area contributed by atoms with Crippen LogP contribution < -0.4 is 5.32 Å². The van der Waals surface area contributed by atoms with Gasteiger partial charge >= 0.3 is 0 Å². The van der Waals surface area contributed by atoms with Gasteiger partial charge in [-0.15, -0.1) is 0 Å². The Morgan fingerprint density at radius 2 is 2.36 bits per heavy atom. The first-order chi connectivity index (χ1) is 6.86. The molecule has 2 rings (SSSR count). The minimum atomic E-state index is 0.531. The van der Waals surface area contributed by atoms with Gasteiger partial charge in [0.15, 0.2) is 0 Å². The second-order valence-electron chi connectivity index (χ2n) is 3.35. The van der Waals surface area contributed by atoms with Crippen LogP contribution in [0.4, 0.5) is 5.82 Å². The van der Waals surface area contributed by atoms with Gasteiger partial charge in [0.05, 0.1) is 3.57 Å². The molecule has 1 N–H and O–H groups in total. The van der Waals surface area contributed by atoms with Crippen LogP contribution >= 0.6 is 22.6 Å². The van der Waals surface area contributed by atoms with Crippen LogP contribution in [-0.2, 0) is 0 Å². The maximum Gasteiger partial charge on any atom is 0.143 e. The first-order valence-corrected chi connectivity index (χ1v) is 5.81. The van der Waals surface area contributed by atoms with Gasteiger partial charge in [-0.2, -0.15) is 0 Å². The van der Waals surface area contributed by atoms with Crippen LogP contribution in [-0.4, -0.2) is 16.0 Å². The van der Waals surface area contributed by atoms with Gasteiger partial charge in [0, 0.05) is 12.2 Å². The molecule has 3 nitrogen and oxygen atoms in total. The SMILES string of the molecule is Ic1cncnc1NC1CC=CCC1. The lowest BCUT2D eigenvalue weighted by Gasteiger charge is -2.20. The van der Waals surface area contributed by atoms with Gasteiger partial charge < -0.3 is 5.32 Å². The molecule has 1 unspecified atom stereocenters. The number of hydrogen-bond acceptors (Lipinski definition) is 3. The Morgan fingerprint density at radius 1 is 1.43 bits per heavy atom. The van der Waals surface area contributed by atoms with E-state index in [0.29, 0.717) is 6.04 Å². The standard InChI is InChI=1S/C10H12IN3/c11-9-6-12-7-13-10(9)14-8-4-2-1-3-5-8/h1-2,6-8H,3-5H2,(H,12,13,14). The van der Waals surface area contributed by atoms with Crippen molar-refractivity contribution in [2.45, 2.75) is 25.3 Å². The summed E-state index contributed by atoms with van der Waals surface area (Å²) in [5.41, 5.74) is 0. The van der Waals surface area contributed by atoms with Crippen molar-refractivity contribution in [3.05, 3.63) is 28.2 Å². The number of nitrogens with zero attached hydrogens (tertiary/aromatic N) is 2. The normalized spacial score (nSPS) is 20.8. The van der Waals surface area contributed by atoms with Crippen LogP contribution in [0.5, 0.6) is 0 Å². The summed E-state index contributed by atoms with van der Waals surface area (Å²) in [5, 5.41) is 3.44. The molecule has 74 valence electrons. The summed E-state index contributed by atoms with van der Waals surface area (Å²) in [4.78, 5) is 8.18. The monoisotopic (exact) mass is 301 g/mol. The number of hydrogen-bond donors (Lipinski definition) is 1. The summed E-state index contributed by atoms with van der Waals surface area (Å²) in [6.07, 6.45) is 11.3. The predicted molar refractivity (Wildman–Crippen MR) is 65.2 cm³/mol. The number of halogens is 1. The average molecular weight is 301 g/mol. The highest BCUT2D eigenvalue weighted by Gasteiger charge is 2.11. The zero-order valence-electron chi connectivity index (χ0n) is 7.78. The summed E-state index contributed by atoms with van der Waals surface area (Å²) in [6, 6.07) is 0.531. The molecule has 1 aliphatic carbocycles. The third-order valence-electron chi connectivity index (χ3n) is 2.28. The Bertz CT molecular complexity index is 338. The molecule has 14 heavy (non-hydrogen) atoms. The van der Waals surface area contributed by atoms with Crippen LogP contribution in [0.3, 0.4) is 0 Å². The molecule has 0 bridgehead atoms. The van der Waals surface area contributed by atoms with E-state index in [1.807, 2.05) is 6.20 Å². The fraction of sp³-hybridized carbons (Fsp3) is 0.400. The third kappa shape index (κ3) is 2.43. The lowest BCUT2D eigenvalue weighted by atomic mass is 10.0. The summed E-state index contributed by atoms with van der Waals surface area (Å²) in [5.74, 6) is 0.959. The second kappa shape index (κ2) is 4.72. The molecule has 0 fully saturated rings. The maximum absolute atomic E-state index is 4.22. The summed E-state index contributed by atoms with van der Waals surface area (Å²) < 4.78 is 1.08. The van der Waals surface area contributed by atoms with Gasteiger partial charge in [-0.05, 0) is 41.9 Å². The molecule has 1 aromatic rings. The molecule has 0 saturated heterocycles. The first kappa shape index (κ1) is 9.89. The van der Waals surface area contributed by atoms with Crippen LogP contribution in [0.15, 0.2) is 24.7 Å². The van der Waals surface area contributed by atoms with Crippen molar-refractivity contribution < 1.29 is 0 Å². The van der Waals surface area contributed by atoms with Crippen LogP contribution in [0.25, 0.3) is 0 Å². The van der Waals surface area contributed by atoms with E-state index in [-0.39, 0.29) is 0 Å². The van der Waals surface area contributed by atoms with Crippen molar-refractivity contribution in [1.29, 1.82) is 0 Å². The first-order valence-electron chi connectivity index (χ1n) is 4.73. The molecule has 0 radical (unpaired) electrons. The van der Waals surface area contributed by atoms with Gasteiger partial charge in [0.2, 0.25) is 0 Å². The molecule has 0 aromatic carbocycles. The fourth-order valence-corrected chi connectivity index (χ4v) is 1.99. The van der Waals surface area contributed by atoms with Crippen molar-refractivity contribution >= 4 is 28.4 Å². The molecule has 0 aliphatic heterocycles. The lowest BCUT2D eigenvalue weighted by molar-refractivity contribution is 0.641. The van der Waals surface area contributed by atoms with E-state index in [1.54, 1.807) is 6.33 Å². The molecule has 1 aromatic heterocycles. The van der Waals surface area contributed by atoms with Crippen LogP contribution in [0.2, 0.25) is 0 Å². The molecule has 0 saturated carbocycles. The Labute approximate surface area is 97.2 Å². The summed E-state index contributed by atoms with van der Waals surface area (Å²) in [6.45, 7) is 0. The number of aromatic nitrogens is 2. The van der Waals surface area contributed by atoms with Gasteiger partial charge in [-0.1, -0.05) is 12.2 Å². The molecule has 0 amide bonds. The number of rotatable bonds is 2. The fourth-order valence-electron chi connectivity index (χ4n) is 1.54. The maximum atomic E-state index is 4.22. The number of anilines is 1. The molecule has 1 atom stereocenters. The minimum absolute atomic E-state index is 0.531. The smallest absolute Gasteiger partial charge is 0.143 e. The lowest BCUT2D eigenvalue weighted by Crippen LogP contribution is -2.21. The van der Waals surface area contributed by atoms with E-state index >= 15 is 0 Å². The molecule has 4 heteroatoms. The van der Waals surface area contributed by atoms with Gasteiger partial charge in [0.25, 0.3) is 0 Å². The quantitative estimate of drug-likeness (QED) is 0.674. The molecular weight excluding hydrogens is 289 g/mol. The Hall–Kier alpha value is -0.650. The highest BCUT2D eigenvalue weighted by atomic mass is 127. The zero-order valence-corrected chi connectivity index (χ0v) is 9.94. The Kier molecular flexibility index (Phi) is 3.34. The number of nitrogens with one attached hydrogen (secondary N) is 1. The van der Waals surface area contributed by atoms with Crippen molar-refractivity contribution in [3.63, 3.8) is 0 Å². The minimum Gasteiger partial charge on any atom is -0.366 e. The topological polar surface area (TPSA) is 37.8 Å². The summed E-state index contributed by atoms with van der Waals surface area (Å²) >= 11 is 2.25. The van der Waals surface area contributed by atoms with Crippen LogP contribution in [0, 0.1) is 3.57 Å². The van der Waals surface area contributed by atoms with E-state index in [2.05, 4.69) is 50.0 Å². The zero-order chi connectivity index (χ0) is 9.80. The Balaban J connectivity index is 2.03. The van der Waals surface area contributed by atoms with E-state index in [0.717, 1.165) is 15.8 Å². The Morgan fingerprint density at radius 3 is 3.07 bits per heavy atom. The van der Waals surface area contributed by atoms with E-state index < -0.39 is 0 Å². The van der Waals surface area contributed by atoms with Crippen LogP contribution in [0.1, 0.15) is 19.3 Å². The van der Waals surface area contributed by atoms with E-state index in [1.165, 1.54) is 12.8 Å². The largest absolute Gasteiger partial charge is 0.366 e. The van der Waals surface area contributed by atoms with Crippen molar-refractivity contribution in [1.82, 2.24) is 9.97 Å². The number of allylic oxidation sites excluding steroid dienone is 1.